The van der Waals surface area contributed by atoms with Crippen LogP contribution >= 0.6 is 0 Å². The maximum Gasteiger partial charge on any atom is 0.218 e. The summed E-state index contributed by atoms with van der Waals surface area (Å²) < 4.78 is 5.56. The van der Waals surface area contributed by atoms with Crippen molar-refractivity contribution in [2.45, 2.75) is 40.2 Å². The van der Waals surface area contributed by atoms with E-state index in [1.54, 1.807) is 17.8 Å². The summed E-state index contributed by atoms with van der Waals surface area (Å²) in [6.45, 7) is 8.19. The van der Waals surface area contributed by atoms with E-state index in [-0.39, 0.29) is 12.0 Å². The van der Waals surface area contributed by atoms with E-state index in [0.29, 0.717) is 23.9 Å². The Morgan fingerprint density at radius 2 is 2.03 bits per heavy atom. The lowest BCUT2D eigenvalue weighted by atomic mass is 10.1. The largest absolute Gasteiger partial charge is 0.369 e. The highest BCUT2D eigenvalue weighted by molar-refractivity contribution is 6.00. The first-order valence-corrected chi connectivity index (χ1v) is 10.8. The van der Waals surface area contributed by atoms with Gasteiger partial charge in [-0.1, -0.05) is 6.92 Å². The molecule has 0 fully saturated rings. The molecule has 11 nitrogen and oxygen atoms in total. The number of rotatable bonds is 5. The molecule has 0 aliphatic carbocycles. The highest BCUT2D eigenvalue weighted by Crippen LogP contribution is 2.32. The fraction of sp³-hybridized carbons (Fsp3) is 0.364. The van der Waals surface area contributed by atoms with Crippen LogP contribution < -0.4 is 11.1 Å². The topological polar surface area (TPSA) is 129 Å². The van der Waals surface area contributed by atoms with E-state index < -0.39 is 0 Å². The van der Waals surface area contributed by atoms with Crippen LogP contribution in [0.15, 0.2) is 40.8 Å². The average molecular weight is 448 g/mol. The third-order valence-corrected chi connectivity index (χ3v) is 5.40. The van der Waals surface area contributed by atoms with Crippen molar-refractivity contribution in [1.29, 1.82) is 0 Å². The molecular formula is C22H29N11. The number of nitrogens with one attached hydrogen (secondary N) is 1. The van der Waals surface area contributed by atoms with E-state index in [4.69, 9.17) is 20.9 Å². The molecule has 4 rings (SSSR count). The molecule has 172 valence electrons. The number of fused-ring (bicyclic) bond motifs is 1. The highest BCUT2D eigenvalue weighted by Gasteiger charge is 2.20. The van der Waals surface area contributed by atoms with Crippen LogP contribution in [0.2, 0.25) is 0 Å². The predicted molar refractivity (Wildman–Crippen MR) is 130 cm³/mol. The monoisotopic (exact) mass is 447 g/mol. The number of amidine groups is 1. The fourth-order valence-corrected chi connectivity index (χ4v) is 3.58. The Morgan fingerprint density at radius 1 is 1.24 bits per heavy atom. The van der Waals surface area contributed by atoms with Crippen molar-refractivity contribution in [3.63, 3.8) is 0 Å². The zero-order valence-electron chi connectivity index (χ0n) is 19.8. The average Bonchev–Trinajstić information content (AvgIpc) is 3.50. The summed E-state index contributed by atoms with van der Waals surface area (Å²) in [7, 11) is 3.60. The summed E-state index contributed by atoms with van der Waals surface area (Å²) in [6, 6.07) is 2.27. The van der Waals surface area contributed by atoms with E-state index in [2.05, 4.69) is 34.1 Å². The molecule has 0 aliphatic rings. The molecule has 0 radical (unpaired) electrons. The fourth-order valence-electron chi connectivity index (χ4n) is 3.58. The Balaban J connectivity index is 1.91. The molecule has 4 aromatic rings. The molecule has 11 heteroatoms. The van der Waals surface area contributed by atoms with Gasteiger partial charge in [0.2, 0.25) is 11.8 Å². The van der Waals surface area contributed by atoms with Crippen molar-refractivity contribution >= 4 is 23.1 Å². The van der Waals surface area contributed by atoms with Gasteiger partial charge in [0, 0.05) is 56.9 Å². The van der Waals surface area contributed by atoms with E-state index in [0.717, 1.165) is 28.2 Å². The van der Waals surface area contributed by atoms with Crippen molar-refractivity contribution in [3.8, 4) is 22.9 Å². The molecule has 0 unspecified atom stereocenters. The summed E-state index contributed by atoms with van der Waals surface area (Å²) in [5.74, 6) is 2.44. The Bertz CT molecular complexity index is 1350. The number of hydrogen-bond acceptors (Lipinski definition) is 6. The van der Waals surface area contributed by atoms with Gasteiger partial charge in [-0.3, -0.25) is 9.67 Å². The van der Waals surface area contributed by atoms with Crippen LogP contribution in [0.4, 0.5) is 5.82 Å². The van der Waals surface area contributed by atoms with Gasteiger partial charge in [0.1, 0.15) is 11.4 Å². The second-order valence-electron chi connectivity index (χ2n) is 8.00. The summed E-state index contributed by atoms with van der Waals surface area (Å²) in [5.41, 5.74) is 9.72. The number of imidazole rings is 1. The first kappa shape index (κ1) is 22.2. The molecule has 0 spiro atoms. The zero-order valence-corrected chi connectivity index (χ0v) is 19.8. The van der Waals surface area contributed by atoms with Gasteiger partial charge in [-0.15, -0.1) is 5.10 Å². The molecule has 3 N–H and O–H groups in total. The smallest absolute Gasteiger partial charge is 0.218 e. The number of aryl methyl sites for hydroxylation is 2. The molecule has 0 aliphatic heterocycles. The lowest BCUT2D eigenvalue weighted by Crippen LogP contribution is -2.36. The zero-order chi connectivity index (χ0) is 23.7. The highest BCUT2D eigenvalue weighted by atomic mass is 15.3. The molecule has 0 atom stereocenters. The summed E-state index contributed by atoms with van der Waals surface area (Å²) >= 11 is 0. The molecule has 33 heavy (non-hydrogen) atoms. The van der Waals surface area contributed by atoms with Gasteiger partial charge in [0.15, 0.2) is 11.6 Å². The maximum atomic E-state index is 6.20. The lowest BCUT2D eigenvalue weighted by Gasteiger charge is -2.08. The molecule has 4 heterocycles. The summed E-state index contributed by atoms with van der Waals surface area (Å²) in [5, 5.41) is 12.5. The molecule has 0 bridgehead atoms. The third kappa shape index (κ3) is 4.21. The molecule has 0 aromatic carbocycles. The Hall–Kier alpha value is -4.02. The number of nitrogens with zero attached hydrogens (tertiary/aromatic N) is 9. The number of guanidine groups is 1. The first-order chi connectivity index (χ1) is 15.8. The SMILES string of the molecule is CCC(=NC)NC(N)=Nc1nc(-c2nccn2C)nn2cc(-c3ccn(C(C)C)n3)c(C)c12. The van der Waals surface area contributed by atoms with E-state index in [1.807, 2.05) is 54.8 Å². The lowest BCUT2D eigenvalue weighted by molar-refractivity contribution is 0.534. The Morgan fingerprint density at radius 3 is 2.64 bits per heavy atom. The maximum absolute atomic E-state index is 6.20. The van der Waals surface area contributed by atoms with Crippen LogP contribution in [0, 0.1) is 6.92 Å². The van der Waals surface area contributed by atoms with Crippen LogP contribution in [-0.4, -0.2) is 52.8 Å². The normalized spacial score (nSPS) is 12.8. The van der Waals surface area contributed by atoms with E-state index >= 15 is 0 Å². The van der Waals surface area contributed by atoms with Gasteiger partial charge in [-0.05, 0) is 32.4 Å². The first-order valence-electron chi connectivity index (χ1n) is 10.8. The van der Waals surface area contributed by atoms with E-state index in [9.17, 15) is 0 Å². The minimum Gasteiger partial charge on any atom is -0.369 e. The minimum atomic E-state index is 0.204. The van der Waals surface area contributed by atoms with Crippen molar-refractivity contribution in [2.75, 3.05) is 7.05 Å². The molecular weight excluding hydrogens is 418 g/mol. The number of hydrogen-bond donors (Lipinski definition) is 2. The standard InChI is InChI=1S/C22H29N11/c1-7-17(24-5)26-22(23)28-19-18-14(4)15(16-8-10-32(29-16)13(2)3)12-33(18)30-20(27-19)21-25-9-11-31(21)6/h8-13H,7H2,1-6H3,(H3,23,24,26,27,28,30). The third-order valence-electron chi connectivity index (χ3n) is 5.40. The van der Waals surface area contributed by atoms with Gasteiger partial charge >= 0.3 is 0 Å². The van der Waals surface area contributed by atoms with Gasteiger partial charge in [0.05, 0.1) is 5.69 Å². The number of nitrogens with two attached hydrogens (primary N) is 1. The van der Waals surface area contributed by atoms with Crippen LogP contribution in [0.5, 0.6) is 0 Å². The Kier molecular flexibility index (Phi) is 5.95. The van der Waals surface area contributed by atoms with Crippen LogP contribution in [-0.2, 0) is 7.05 Å². The second-order valence-corrected chi connectivity index (χ2v) is 8.00. The minimum absolute atomic E-state index is 0.204. The van der Waals surface area contributed by atoms with Gasteiger partial charge < -0.3 is 15.6 Å². The molecule has 4 aromatic heterocycles. The van der Waals surface area contributed by atoms with Crippen LogP contribution in [0.1, 0.15) is 38.8 Å². The molecule has 0 saturated carbocycles. The van der Waals surface area contributed by atoms with Crippen molar-refractivity contribution < 1.29 is 0 Å². The number of aliphatic imine (C=N–C) groups is 2. The van der Waals surface area contributed by atoms with E-state index in [1.165, 1.54) is 0 Å². The van der Waals surface area contributed by atoms with Gasteiger partial charge in [-0.25, -0.2) is 14.5 Å². The summed E-state index contributed by atoms with van der Waals surface area (Å²) in [4.78, 5) is 17.9. The van der Waals surface area contributed by atoms with Gasteiger partial charge in [0.25, 0.3) is 0 Å². The van der Waals surface area contributed by atoms with Crippen molar-refractivity contribution in [1.82, 2.24) is 39.2 Å². The number of aromatic nitrogens is 7. The quantitative estimate of drug-likeness (QED) is 0.358. The van der Waals surface area contributed by atoms with Crippen LogP contribution in [0.3, 0.4) is 0 Å². The summed E-state index contributed by atoms with van der Waals surface area (Å²) in [6.07, 6.45) is 8.18. The van der Waals surface area contributed by atoms with Crippen LogP contribution in [0.25, 0.3) is 28.4 Å². The molecule has 0 saturated heterocycles. The van der Waals surface area contributed by atoms with Crippen molar-refractivity contribution in [3.05, 3.63) is 36.4 Å². The Labute approximate surface area is 192 Å². The van der Waals surface area contributed by atoms with Crippen molar-refractivity contribution in [2.24, 2.45) is 22.8 Å². The van der Waals surface area contributed by atoms with Gasteiger partial charge in [-0.2, -0.15) is 10.1 Å². The molecule has 0 amide bonds. The second kappa shape index (κ2) is 8.85. The predicted octanol–water partition coefficient (Wildman–Crippen LogP) is 2.86.